The topological polar surface area (TPSA) is 80.4 Å². The number of alkyl halides is 1. The molecule has 0 bridgehead atoms. The highest BCUT2D eigenvalue weighted by Gasteiger charge is 2.16. The highest BCUT2D eigenvalue weighted by Crippen LogP contribution is 2.20. The van der Waals surface area contributed by atoms with Gasteiger partial charge in [0.1, 0.15) is 6.61 Å². The number of aromatic amines is 1. The van der Waals surface area contributed by atoms with E-state index < -0.39 is 0 Å². The molecule has 2 atom stereocenters. The average Bonchev–Trinajstić information content (AvgIpc) is 3.04. The van der Waals surface area contributed by atoms with Crippen molar-refractivity contribution < 1.29 is 19.1 Å². The van der Waals surface area contributed by atoms with Gasteiger partial charge in [0, 0.05) is 17.2 Å². The molecule has 27 heavy (non-hydrogen) atoms. The first-order chi connectivity index (χ1) is 13.0. The number of carbonyl (C=O) groups excluding carboxylic acids is 2. The highest BCUT2D eigenvalue weighted by molar-refractivity contribution is 6.22. The molecule has 1 heterocycles. The van der Waals surface area contributed by atoms with Gasteiger partial charge in [-0.3, -0.25) is 9.59 Å². The van der Waals surface area contributed by atoms with Crippen LogP contribution in [0.4, 0.5) is 0 Å². The van der Waals surface area contributed by atoms with Gasteiger partial charge in [-0.15, -0.1) is 11.6 Å². The van der Waals surface area contributed by atoms with Gasteiger partial charge in [-0.2, -0.15) is 0 Å². The van der Waals surface area contributed by atoms with Crippen LogP contribution in [-0.2, 0) is 25.5 Å². The Labute approximate surface area is 162 Å². The second-order valence-corrected chi connectivity index (χ2v) is 7.23. The molecule has 0 saturated heterocycles. The zero-order valence-electron chi connectivity index (χ0n) is 15.4. The van der Waals surface area contributed by atoms with Crippen molar-refractivity contribution in [2.45, 2.75) is 37.7 Å². The van der Waals surface area contributed by atoms with Crippen molar-refractivity contribution in [1.29, 1.82) is 0 Å². The van der Waals surface area contributed by atoms with Crippen LogP contribution in [0.2, 0.25) is 0 Å². The van der Waals surface area contributed by atoms with Crippen LogP contribution < -0.4 is 15.9 Å². The van der Waals surface area contributed by atoms with Crippen molar-refractivity contribution in [3.8, 4) is 0 Å². The molecule has 6 nitrogen and oxygen atoms in total. The minimum absolute atomic E-state index is 0.0201. The minimum Gasteiger partial charge on any atom is -0.469 e. The number of halogens is 1. The molecule has 1 aromatic rings. The van der Waals surface area contributed by atoms with Crippen molar-refractivity contribution in [2.24, 2.45) is 0 Å². The maximum atomic E-state index is 12.2. The average molecular weight is 391 g/mol. The monoisotopic (exact) mass is 390 g/mol. The number of H-pyrrole nitrogens is 1. The van der Waals surface area contributed by atoms with E-state index in [0.717, 1.165) is 33.8 Å². The second kappa shape index (κ2) is 8.59. The van der Waals surface area contributed by atoms with Gasteiger partial charge in [0.15, 0.2) is 0 Å². The van der Waals surface area contributed by atoms with Crippen LogP contribution in [0.15, 0.2) is 29.6 Å². The second-order valence-electron chi connectivity index (χ2n) is 6.67. The smallest absolute Gasteiger partial charge is 0.310 e. The van der Waals surface area contributed by atoms with Crippen molar-refractivity contribution in [3.05, 3.63) is 45.8 Å². The number of nitrogens with one attached hydrogen (secondary N) is 2. The van der Waals surface area contributed by atoms with Crippen LogP contribution in [0, 0.1) is 0 Å². The number of ether oxygens (including phenoxy) is 2. The van der Waals surface area contributed by atoms with Crippen LogP contribution in [0.25, 0.3) is 12.2 Å². The highest BCUT2D eigenvalue weighted by atomic mass is 35.5. The maximum Gasteiger partial charge on any atom is 0.310 e. The number of hydrogen-bond acceptors (Lipinski definition) is 4. The van der Waals surface area contributed by atoms with Gasteiger partial charge in [-0.05, 0) is 48.3 Å². The molecular formula is C20H23ClN2O4. The number of amides is 1. The van der Waals surface area contributed by atoms with Gasteiger partial charge in [0.05, 0.1) is 25.0 Å². The predicted molar refractivity (Wildman–Crippen MR) is 103 cm³/mol. The summed E-state index contributed by atoms with van der Waals surface area (Å²) in [4.78, 5) is 26.8. The summed E-state index contributed by atoms with van der Waals surface area (Å²) in [5, 5.41) is 4.74. The molecule has 2 unspecified atom stereocenters. The molecule has 0 fully saturated rings. The van der Waals surface area contributed by atoms with Crippen molar-refractivity contribution in [1.82, 2.24) is 10.3 Å². The van der Waals surface area contributed by atoms with Gasteiger partial charge in [-0.25, -0.2) is 0 Å². The Morgan fingerprint density at radius 1 is 1.41 bits per heavy atom. The summed E-state index contributed by atoms with van der Waals surface area (Å²) >= 11 is 6.06. The van der Waals surface area contributed by atoms with Crippen LogP contribution in [0.1, 0.15) is 25.3 Å². The fraction of sp³-hybridized carbons (Fsp3) is 0.400. The summed E-state index contributed by atoms with van der Waals surface area (Å²) in [6.45, 7) is 1.92. The van der Waals surface area contributed by atoms with Crippen LogP contribution in [-0.4, -0.2) is 42.1 Å². The quantitative estimate of drug-likeness (QED) is 0.561. The van der Waals surface area contributed by atoms with Gasteiger partial charge in [-0.1, -0.05) is 12.2 Å². The van der Waals surface area contributed by atoms with Crippen molar-refractivity contribution in [2.75, 3.05) is 13.7 Å². The SMILES string of the molecule is COC(=O)Cc1c[nH]c2c1=CCC(OCC(=O)NC1=C(C)CC(Cl)C=C1)C=2. The van der Waals surface area contributed by atoms with E-state index in [9.17, 15) is 9.59 Å². The van der Waals surface area contributed by atoms with Gasteiger partial charge in [0.2, 0.25) is 5.91 Å². The maximum absolute atomic E-state index is 12.2. The van der Waals surface area contributed by atoms with E-state index in [-0.39, 0.29) is 36.4 Å². The Bertz CT molecular complexity index is 913. The first-order valence-corrected chi connectivity index (χ1v) is 9.28. The van der Waals surface area contributed by atoms with Crippen LogP contribution >= 0.6 is 11.6 Å². The van der Waals surface area contributed by atoms with Crippen molar-refractivity contribution in [3.63, 3.8) is 0 Å². The normalized spacial score (nSPS) is 21.1. The number of rotatable bonds is 6. The predicted octanol–water partition coefficient (Wildman–Crippen LogP) is 1.04. The van der Waals surface area contributed by atoms with Gasteiger partial charge in [0.25, 0.3) is 0 Å². The number of fused-ring (bicyclic) bond motifs is 1. The Morgan fingerprint density at radius 3 is 2.96 bits per heavy atom. The lowest BCUT2D eigenvalue weighted by Gasteiger charge is -2.18. The molecule has 0 aliphatic heterocycles. The number of methoxy groups -OCH3 is 1. The lowest BCUT2D eigenvalue weighted by Crippen LogP contribution is -2.35. The molecule has 0 aromatic carbocycles. The Morgan fingerprint density at radius 2 is 2.22 bits per heavy atom. The Hall–Kier alpha value is -2.31. The number of hydrogen-bond donors (Lipinski definition) is 2. The molecule has 144 valence electrons. The molecule has 3 rings (SSSR count). The fourth-order valence-corrected chi connectivity index (χ4v) is 3.49. The standard InChI is InChI=1S/C20H23ClN2O4/c1-12-7-14(21)3-6-17(12)23-19(24)11-27-15-4-5-16-13(8-20(25)26-2)10-22-18(16)9-15/h3,5-6,9-10,14-15,22H,4,7-8,11H2,1-2H3,(H,23,24). The summed E-state index contributed by atoms with van der Waals surface area (Å²) in [7, 11) is 1.38. The molecule has 2 N–H and O–H groups in total. The van der Waals surface area contributed by atoms with E-state index in [1.807, 2.05) is 31.2 Å². The zero-order valence-corrected chi connectivity index (χ0v) is 16.1. The largest absolute Gasteiger partial charge is 0.469 e. The number of carbonyl (C=O) groups is 2. The number of allylic oxidation sites excluding steroid dienone is 3. The number of aromatic nitrogens is 1. The third kappa shape index (κ3) is 4.90. The van der Waals surface area contributed by atoms with E-state index in [1.165, 1.54) is 7.11 Å². The third-order valence-electron chi connectivity index (χ3n) is 4.64. The molecule has 0 spiro atoms. The van der Waals surface area contributed by atoms with Gasteiger partial charge >= 0.3 is 5.97 Å². The Balaban J connectivity index is 1.56. The molecular weight excluding hydrogens is 368 g/mol. The fourth-order valence-electron chi connectivity index (χ4n) is 3.18. The van der Waals surface area contributed by atoms with Crippen LogP contribution in [0.3, 0.4) is 0 Å². The summed E-state index contributed by atoms with van der Waals surface area (Å²) in [5.41, 5.74) is 2.74. The van der Waals surface area contributed by atoms with E-state index in [4.69, 9.17) is 21.1 Å². The van der Waals surface area contributed by atoms with E-state index in [0.29, 0.717) is 6.42 Å². The molecule has 1 amide bonds. The van der Waals surface area contributed by atoms with Crippen molar-refractivity contribution >= 4 is 35.6 Å². The lowest BCUT2D eigenvalue weighted by molar-refractivity contribution is -0.139. The summed E-state index contributed by atoms with van der Waals surface area (Å²) in [5.74, 6) is -0.471. The first-order valence-electron chi connectivity index (χ1n) is 8.85. The summed E-state index contributed by atoms with van der Waals surface area (Å²) < 4.78 is 10.4. The zero-order chi connectivity index (χ0) is 19.4. The third-order valence-corrected chi connectivity index (χ3v) is 4.94. The summed E-state index contributed by atoms with van der Waals surface area (Å²) in [6.07, 6.45) is 10.9. The molecule has 0 saturated carbocycles. The van der Waals surface area contributed by atoms with E-state index in [2.05, 4.69) is 10.3 Å². The first kappa shape index (κ1) is 19.5. The lowest BCUT2D eigenvalue weighted by atomic mass is 10.0. The molecule has 1 aromatic heterocycles. The number of esters is 1. The van der Waals surface area contributed by atoms with E-state index in [1.54, 1.807) is 6.20 Å². The van der Waals surface area contributed by atoms with E-state index >= 15 is 0 Å². The molecule has 2 aliphatic rings. The van der Waals surface area contributed by atoms with Crippen LogP contribution in [0.5, 0.6) is 0 Å². The molecule has 0 radical (unpaired) electrons. The van der Waals surface area contributed by atoms with Gasteiger partial charge < -0.3 is 19.8 Å². The summed E-state index contributed by atoms with van der Waals surface area (Å²) in [6, 6.07) is 0. The molecule has 7 heteroatoms. The molecule has 2 aliphatic carbocycles. The minimum atomic E-state index is -0.276. The Kier molecular flexibility index (Phi) is 6.19.